The lowest BCUT2D eigenvalue weighted by atomic mass is 10.00. The highest BCUT2D eigenvalue weighted by Gasteiger charge is 2.20. The standard InChI is InChI=1S/C49H29N5O2/c1-4-14-30(15-5-1)42-45-43(39-22-10-11-25-40(39)55-45)51-48(50-42)35-26-27-37-38-24-13-23-36(44(38)56-41(37)29-35)33-20-12-21-34(28-33)49-53-46(31-16-6-2-7-17-31)52-47(54-49)32-18-8-3-9-19-32/h1-29H. The van der Waals surface area contributed by atoms with Gasteiger partial charge in [0, 0.05) is 49.5 Å². The Hall–Kier alpha value is -7.77. The molecule has 56 heavy (non-hydrogen) atoms. The van der Waals surface area contributed by atoms with Crippen molar-refractivity contribution in [1.29, 1.82) is 0 Å². The summed E-state index contributed by atoms with van der Waals surface area (Å²) in [6, 6.07) is 58.9. The Bertz CT molecular complexity index is 3190. The SMILES string of the molecule is c1ccc(-c2nc(-c3ccccc3)nc(-c3cccc(-c4cccc5c4oc4cc(-c6nc(-c7ccccc7)c7oc8ccccc8c7n6)ccc45)c3)n2)cc1. The van der Waals surface area contributed by atoms with Crippen molar-refractivity contribution in [3.05, 3.63) is 176 Å². The van der Waals surface area contributed by atoms with Crippen molar-refractivity contribution < 1.29 is 8.83 Å². The average Bonchev–Trinajstić information content (AvgIpc) is 3.85. The highest BCUT2D eigenvalue weighted by Crippen LogP contribution is 2.40. The van der Waals surface area contributed by atoms with Gasteiger partial charge in [0.15, 0.2) is 28.9 Å². The average molecular weight is 720 g/mol. The van der Waals surface area contributed by atoms with Gasteiger partial charge in [-0.25, -0.2) is 24.9 Å². The number of hydrogen-bond acceptors (Lipinski definition) is 7. The summed E-state index contributed by atoms with van der Waals surface area (Å²) in [6.45, 7) is 0. The van der Waals surface area contributed by atoms with Crippen LogP contribution in [0.5, 0.6) is 0 Å². The van der Waals surface area contributed by atoms with Gasteiger partial charge in [-0.15, -0.1) is 0 Å². The van der Waals surface area contributed by atoms with Gasteiger partial charge in [-0.1, -0.05) is 146 Å². The van der Waals surface area contributed by atoms with Gasteiger partial charge in [0.2, 0.25) is 0 Å². The van der Waals surface area contributed by atoms with Crippen LogP contribution in [0, 0.1) is 0 Å². The normalized spacial score (nSPS) is 11.6. The van der Waals surface area contributed by atoms with Crippen molar-refractivity contribution in [2.24, 2.45) is 0 Å². The zero-order chi connectivity index (χ0) is 37.0. The number of nitrogens with zero attached hydrogens (tertiary/aromatic N) is 5. The third-order valence-electron chi connectivity index (χ3n) is 10.2. The summed E-state index contributed by atoms with van der Waals surface area (Å²) in [5.74, 6) is 2.43. The van der Waals surface area contributed by atoms with Crippen molar-refractivity contribution in [1.82, 2.24) is 24.9 Å². The molecule has 0 N–H and O–H groups in total. The highest BCUT2D eigenvalue weighted by atomic mass is 16.3. The zero-order valence-corrected chi connectivity index (χ0v) is 29.8. The van der Waals surface area contributed by atoms with Gasteiger partial charge in [-0.3, -0.25) is 0 Å². The molecule has 4 aromatic heterocycles. The van der Waals surface area contributed by atoms with Crippen LogP contribution in [0.15, 0.2) is 185 Å². The third-order valence-corrected chi connectivity index (χ3v) is 10.2. The van der Waals surface area contributed by atoms with Crippen molar-refractivity contribution >= 4 is 44.0 Å². The number of hydrogen-bond donors (Lipinski definition) is 0. The molecule has 7 nitrogen and oxygen atoms in total. The first-order valence-electron chi connectivity index (χ1n) is 18.4. The number of rotatable bonds is 6. The molecule has 0 aliphatic rings. The van der Waals surface area contributed by atoms with Crippen LogP contribution in [0.2, 0.25) is 0 Å². The minimum absolute atomic E-state index is 0.596. The molecular weight excluding hydrogens is 691 g/mol. The van der Waals surface area contributed by atoms with E-state index in [1.165, 1.54) is 0 Å². The van der Waals surface area contributed by atoms with Crippen molar-refractivity contribution in [3.8, 4) is 67.9 Å². The number of para-hydroxylation sites is 2. The molecule has 0 aliphatic carbocycles. The second-order valence-electron chi connectivity index (χ2n) is 13.7. The lowest BCUT2D eigenvalue weighted by Crippen LogP contribution is -2.00. The molecule has 0 fully saturated rings. The lowest BCUT2D eigenvalue weighted by molar-refractivity contribution is 0.667. The van der Waals surface area contributed by atoms with E-state index in [0.717, 1.165) is 83.1 Å². The number of furan rings is 2. The first-order chi connectivity index (χ1) is 27.7. The number of fused-ring (bicyclic) bond motifs is 6. The van der Waals surface area contributed by atoms with Gasteiger partial charge in [0.25, 0.3) is 0 Å². The Morgan fingerprint density at radius 2 is 0.839 bits per heavy atom. The maximum absolute atomic E-state index is 6.74. The van der Waals surface area contributed by atoms with Crippen LogP contribution in [-0.4, -0.2) is 24.9 Å². The first-order valence-corrected chi connectivity index (χ1v) is 18.4. The Kier molecular flexibility index (Phi) is 7.35. The molecule has 0 unspecified atom stereocenters. The molecule has 0 spiro atoms. The van der Waals surface area contributed by atoms with E-state index in [2.05, 4.69) is 42.5 Å². The molecule has 7 aromatic carbocycles. The van der Waals surface area contributed by atoms with E-state index in [4.69, 9.17) is 33.8 Å². The largest absolute Gasteiger partial charge is 0.455 e. The molecule has 11 rings (SSSR count). The molecule has 11 aromatic rings. The van der Waals surface area contributed by atoms with Gasteiger partial charge in [0.05, 0.1) is 0 Å². The smallest absolute Gasteiger partial charge is 0.180 e. The molecule has 262 valence electrons. The first kappa shape index (κ1) is 31.7. The summed E-state index contributed by atoms with van der Waals surface area (Å²) in [7, 11) is 0. The van der Waals surface area contributed by atoms with Crippen LogP contribution in [0.25, 0.3) is 112 Å². The third kappa shape index (κ3) is 5.41. The second kappa shape index (κ2) is 13.0. The molecule has 0 atom stereocenters. The molecule has 0 aliphatic heterocycles. The summed E-state index contributed by atoms with van der Waals surface area (Å²) in [5.41, 5.74) is 11.0. The van der Waals surface area contributed by atoms with Crippen molar-refractivity contribution in [2.75, 3.05) is 0 Å². The quantitative estimate of drug-likeness (QED) is 0.169. The van der Waals surface area contributed by atoms with E-state index in [1.54, 1.807) is 0 Å². The Balaban J connectivity index is 1.03. The lowest BCUT2D eigenvalue weighted by Gasteiger charge is -2.10. The maximum atomic E-state index is 6.74. The van der Waals surface area contributed by atoms with Crippen LogP contribution in [-0.2, 0) is 0 Å². The molecule has 0 saturated heterocycles. The van der Waals surface area contributed by atoms with Crippen LogP contribution in [0.4, 0.5) is 0 Å². The highest BCUT2D eigenvalue weighted by molar-refractivity contribution is 6.11. The molecule has 7 heteroatoms. The fraction of sp³-hybridized carbons (Fsp3) is 0. The van der Waals surface area contributed by atoms with Crippen molar-refractivity contribution in [2.45, 2.75) is 0 Å². The monoisotopic (exact) mass is 719 g/mol. The van der Waals surface area contributed by atoms with Gasteiger partial charge in [-0.2, -0.15) is 0 Å². The minimum atomic E-state index is 0.596. The van der Waals surface area contributed by atoms with E-state index in [0.29, 0.717) is 28.9 Å². The Labute approximate surface area is 320 Å². The fourth-order valence-electron chi connectivity index (χ4n) is 7.44. The van der Waals surface area contributed by atoms with E-state index < -0.39 is 0 Å². The molecule has 4 heterocycles. The van der Waals surface area contributed by atoms with Crippen LogP contribution in [0.3, 0.4) is 0 Å². The molecule has 0 saturated carbocycles. The Morgan fingerprint density at radius 3 is 1.57 bits per heavy atom. The van der Waals surface area contributed by atoms with Crippen LogP contribution < -0.4 is 0 Å². The number of aromatic nitrogens is 5. The van der Waals surface area contributed by atoms with Gasteiger partial charge in [0.1, 0.15) is 28.0 Å². The van der Waals surface area contributed by atoms with E-state index >= 15 is 0 Å². The van der Waals surface area contributed by atoms with Crippen LogP contribution >= 0.6 is 0 Å². The van der Waals surface area contributed by atoms with Crippen molar-refractivity contribution in [3.63, 3.8) is 0 Å². The Morgan fingerprint density at radius 1 is 0.304 bits per heavy atom. The zero-order valence-electron chi connectivity index (χ0n) is 29.8. The summed E-state index contributed by atoms with van der Waals surface area (Å²) in [6.07, 6.45) is 0. The van der Waals surface area contributed by atoms with Gasteiger partial charge < -0.3 is 8.83 Å². The predicted octanol–water partition coefficient (Wildman–Crippen LogP) is 12.5. The van der Waals surface area contributed by atoms with E-state index in [9.17, 15) is 0 Å². The summed E-state index contributed by atoms with van der Waals surface area (Å²) in [4.78, 5) is 25.0. The number of benzene rings is 7. The summed E-state index contributed by atoms with van der Waals surface area (Å²) < 4.78 is 13.1. The van der Waals surface area contributed by atoms with Crippen LogP contribution in [0.1, 0.15) is 0 Å². The molecule has 0 amide bonds. The van der Waals surface area contributed by atoms with E-state index in [1.807, 2.05) is 133 Å². The topological polar surface area (TPSA) is 90.7 Å². The molecule has 0 radical (unpaired) electrons. The molecule has 0 bridgehead atoms. The second-order valence-corrected chi connectivity index (χ2v) is 13.7. The van der Waals surface area contributed by atoms with Gasteiger partial charge >= 0.3 is 0 Å². The maximum Gasteiger partial charge on any atom is 0.180 e. The fourth-order valence-corrected chi connectivity index (χ4v) is 7.44. The molecular formula is C49H29N5O2. The van der Waals surface area contributed by atoms with Gasteiger partial charge in [-0.05, 0) is 35.9 Å². The van der Waals surface area contributed by atoms with E-state index in [-0.39, 0.29) is 0 Å². The summed E-state index contributed by atoms with van der Waals surface area (Å²) in [5, 5.41) is 2.98. The summed E-state index contributed by atoms with van der Waals surface area (Å²) >= 11 is 0. The minimum Gasteiger partial charge on any atom is -0.455 e. The predicted molar refractivity (Wildman–Crippen MR) is 223 cm³/mol.